The Bertz CT molecular complexity index is 1170. The minimum atomic E-state index is -0.124. The zero-order valence-corrected chi connectivity index (χ0v) is 16.4. The van der Waals surface area contributed by atoms with Crippen molar-refractivity contribution < 1.29 is 13.9 Å². The van der Waals surface area contributed by atoms with Gasteiger partial charge in [0.05, 0.1) is 12.3 Å². The van der Waals surface area contributed by atoms with E-state index in [1.165, 1.54) is 11.8 Å². The molecule has 0 aliphatic carbocycles. The number of hydrogen-bond donors (Lipinski definition) is 1. The summed E-state index contributed by atoms with van der Waals surface area (Å²) in [4.78, 5) is 16.3. The van der Waals surface area contributed by atoms with Crippen molar-refractivity contribution >= 4 is 39.5 Å². The highest BCUT2D eigenvalue weighted by Gasteiger charge is 2.08. The number of hydrogen-bond acceptors (Lipinski definition) is 5. The van der Waals surface area contributed by atoms with Crippen LogP contribution in [0.3, 0.4) is 0 Å². The number of thioether (sulfide) groups is 1. The SMILES string of the molecule is O=C(CSc1nc2ccccc2o1)NCC#CCOc1cccc2ccccc12. The van der Waals surface area contributed by atoms with Gasteiger partial charge in [0.2, 0.25) is 5.91 Å². The van der Waals surface area contributed by atoms with E-state index in [0.717, 1.165) is 22.0 Å². The molecule has 0 saturated heterocycles. The maximum Gasteiger partial charge on any atom is 0.257 e. The molecule has 144 valence electrons. The van der Waals surface area contributed by atoms with Crippen LogP contribution in [0.2, 0.25) is 0 Å². The van der Waals surface area contributed by atoms with Gasteiger partial charge in [-0.2, -0.15) is 0 Å². The van der Waals surface area contributed by atoms with Crippen LogP contribution in [0, 0.1) is 11.8 Å². The van der Waals surface area contributed by atoms with Crippen molar-refractivity contribution in [2.24, 2.45) is 0 Å². The molecule has 0 unspecified atom stereocenters. The third-order valence-electron chi connectivity index (χ3n) is 4.15. The van der Waals surface area contributed by atoms with E-state index in [0.29, 0.717) is 10.8 Å². The van der Waals surface area contributed by atoms with Gasteiger partial charge in [0.1, 0.15) is 17.9 Å². The molecule has 3 aromatic carbocycles. The molecule has 29 heavy (non-hydrogen) atoms. The molecule has 0 bridgehead atoms. The van der Waals surface area contributed by atoms with Gasteiger partial charge in [-0.05, 0) is 23.6 Å². The first-order valence-corrected chi connectivity index (χ1v) is 10.1. The van der Waals surface area contributed by atoms with Crippen molar-refractivity contribution in [1.29, 1.82) is 0 Å². The van der Waals surface area contributed by atoms with E-state index >= 15 is 0 Å². The summed E-state index contributed by atoms with van der Waals surface area (Å²) in [6, 6.07) is 21.5. The molecule has 4 aromatic rings. The lowest BCUT2D eigenvalue weighted by Crippen LogP contribution is -2.25. The van der Waals surface area contributed by atoms with Crippen LogP contribution in [0.25, 0.3) is 21.9 Å². The molecule has 0 spiro atoms. The van der Waals surface area contributed by atoms with Crippen LogP contribution in [0.1, 0.15) is 0 Å². The number of rotatable bonds is 6. The van der Waals surface area contributed by atoms with Gasteiger partial charge in [-0.25, -0.2) is 4.98 Å². The van der Waals surface area contributed by atoms with Crippen molar-refractivity contribution in [3.05, 3.63) is 66.7 Å². The minimum Gasteiger partial charge on any atom is -0.480 e. The summed E-state index contributed by atoms with van der Waals surface area (Å²) in [5.41, 5.74) is 1.50. The monoisotopic (exact) mass is 402 g/mol. The van der Waals surface area contributed by atoms with Crippen LogP contribution in [0.15, 0.2) is 76.4 Å². The van der Waals surface area contributed by atoms with Crippen LogP contribution in [-0.4, -0.2) is 29.8 Å². The fraction of sp³-hybridized carbons (Fsp3) is 0.130. The Morgan fingerprint density at radius 1 is 1.03 bits per heavy atom. The van der Waals surface area contributed by atoms with Crippen molar-refractivity contribution in [3.63, 3.8) is 0 Å². The van der Waals surface area contributed by atoms with Crippen LogP contribution in [-0.2, 0) is 4.79 Å². The maximum absolute atomic E-state index is 11.9. The number of benzene rings is 3. The first kappa shape index (κ1) is 18.9. The minimum absolute atomic E-state index is 0.124. The molecular formula is C23H18N2O3S. The predicted molar refractivity (Wildman–Crippen MR) is 115 cm³/mol. The van der Waals surface area contributed by atoms with E-state index in [4.69, 9.17) is 9.15 Å². The molecule has 0 aliphatic heterocycles. The van der Waals surface area contributed by atoms with Gasteiger partial charge >= 0.3 is 0 Å². The van der Waals surface area contributed by atoms with Crippen molar-refractivity contribution in [2.45, 2.75) is 5.22 Å². The van der Waals surface area contributed by atoms with Crippen LogP contribution in [0.5, 0.6) is 5.75 Å². The Hall–Kier alpha value is -3.43. The summed E-state index contributed by atoms with van der Waals surface area (Å²) in [7, 11) is 0. The van der Waals surface area contributed by atoms with Crippen molar-refractivity contribution in [2.75, 3.05) is 18.9 Å². The number of nitrogens with zero attached hydrogens (tertiary/aromatic N) is 1. The second-order valence-corrected chi connectivity index (χ2v) is 7.06. The molecule has 0 saturated carbocycles. The lowest BCUT2D eigenvalue weighted by molar-refractivity contribution is -0.118. The van der Waals surface area contributed by atoms with Gasteiger partial charge in [-0.3, -0.25) is 4.79 Å². The summed E-state index contributed by atoms with van der Waals surface area (Å²) in [5.74, 6) is 6.72. The van der Waals surface area contributed by atoms with Gasteiger partial charge in [-0.1, -0.05) is 72.1 Å². The summed E-state index contributed by atoms with van der Waals surface area (Å²) < 4.78 is 11.3. The average Bonchev–Trinajstić information content (AvgIpc) is 3.18. The third kappa shape index (κ3) is 4.89. The number of nitrogens with one attached hydrogen (secondary N) is 1. The first-order valence-electron chi connectivity index (χ1n) is 9.11. The molecule has 0 atom stereocenters. The van der Waals surface area contributed by atoms with Gasteiger partial charge in [0, 0.05) is 5.39 Å². The van der Waals surface area contributed by atoms with Crippen LogP contribution in [0.4, 0.5) is 0 Å². The number of oxazole rings is 1. The van der Waals surface area contributed by atoms with Crippen molar-refractivity contribution in [3.8, 4) is 17.6 Å². The van der Waals surface area contributed by atoms with E-state index < -0.39 is 0 Å². The lowest BCUT2D eigenvalue weighted by Gasteiger charge is -2.06. The fourth-order valence-corrected chi connectivity index (χ4v) is 3.45. The Balaban J connectivity index is 1.20. The second-order valence-electron chi connectivity index (χ2n) is 6.13. The Labute approximate surface area is 172 Å². The second kappa shape index (κ2) is 9.18. The highest BCUT2D eigenvalue weighted by atomic mass is 32.2. The smallest absolute Gasteiger partial charge is 0.257 e. The molecule has 0 radical (unpaired) electrons. The third-order valence-corrected chi connectivity index (χ3v) is 4.98. The zero-order valence-electron chi connectivity index (χ0n) is 15.6. The van der Waals surface area contributed by atoms with E-state index in [-0.39, 0.29) is 24.8 Å². The quantitative estimate of drug-likeness (QED) is 0.385. The zero-order chi connectivity index (χ0) is 19.9. The molecule has 4 rings (SSSR count). The van der Waals surface area contributed by atoms with Gasteiger partial charge in [0.15, 0.2) is 5.58 Å². The lowest BCUT2D eigenvalue weighted by atomic mass is 10.1. The predicted octanol–water partition coefficient (Wildman–Crippen LogP) is 4.27. The average molecular weight is 402 g/mol. The summed E-state index contributed by atoms with van der Waals surface area (Å²) >= 11 is 1.26. The number of carbonyl (C=O) groups is 1. The standard InChI is InChI=1S/C23H18N2O3S/c26-22(16-29-23-25-19-11-3-4-12-21(19)28-23)24-14-5-6-15-27-20-13-7-9-17-8-1-2-10-18(17)20/h1-4,7-13H,14-16H2,(H,24,26). The highest BCUT2D eigenvalue weighted by Crippen LogP contribution is 2.25. The number of ether oxygens (including phenoxy) is 1. The van der Waals surface area contributed by atoms with E-state index in [2.05, 4.69) is 22.1 Å². The number of carbonyl (C=O) groups excluding carboxylic acids is 1. The van der Waals surface area contributed by atoms with Crippen LogP contribution < -0.4 is 10.1 Å². The summed E-state index contributed by atoms with van der Waals surface area (Å²) in [6.07, 6.45) is 0. The molecule has 6 heteroatoms. The summed E-state index contributed by atoms with van der Waals surface area (Å²) in [6.45, 7) is 0.535. The van der Waals surface area contributed by atoms with Gasteiger partial charge in [-0.15, -0.1) is 0 Å². The molecule has 1 heterocycles. The topological polar surface area (TPSA) is 64.4 Å². The number of para-hydroxylation sites is 2. The van der Waals surface area contributed by atoms with Crippen LogP contribution >= 0.6 is 11.8 Å². The number of amides is 1. The van der Waals surface area contributed by atoms with Crippen molar-refractivity contribution in [1.82, 2.24) is 10.3 Å². The number of aromatic nitrogens is 1. The maximum atomic E-state index is 11.9. The molecule has 5 nitrogen and oxygen atoms in total. The van der Waals surface area contributed by atoms with Gasteiger partial charge in [0.25, 0.3) is 5.22 Å². The van der Waals surface area contributed by atoms with E-state index in [1.54, 1.807) is 0 Å². The molecule has 1 amide bonds. The highest BCUT2D eigenvalue weighted by molar-refractivity contribution is 7.99. The Morgan fingerprint density at radius 3 is 2.79 bits per heavy atom. The van der Waals surface area contributed by atoms with E-state index in [9.17, 15) is 4.79 Å². The normalized spacial score (nSPS) is 10.5. The molecule has 0 fully saturated rings. The first-order chi connectivity index (χ1) is 14.3. The van der Waals surface area contributed by atoms with Gasteiger partial charge < -0.3 is 14.5 Å². The molecular weight excluding hydrogens is 384 g/mol. The largest absolute Gasteiger partial charge is 0.480 e. The molecule has 0 aliphatic rings. The number of fused-ring (bicyclic) bond motifs is 2. The fourth-order valence-electron chi connectivity index (χ4n) is 2.78. The Kier molecular flexibility index (Phi) is 5.98. The molecule has 1 N–H and O–H groups in total. The van der Waals surface area contributed by atoms with E-state index in [1.807, 2.05) is 66.7 Å². The molecule has 1 aromatic heterocycles. The Morgan fingerprint density at radius 2 is 1.86 bits per heavy atom. The summed E-state index contributed by atoms with van der Waals surface area (Å²) in [5, 5.41) is 5.42.